The molecule has 3 nitrogen and oxygen atoms in total. The second-order valence-corrected chi connectivity index (χ2v) is 6.28. The molecule has 0 bridgehead atoms. The molecule has 2 N–H and O–H groups in total. The lowest BCUT2D eigenvalue weighted by Crippen LogP contribution is -2.33. The van der Waals surface area contributed by atoms with Crippen LogP contribution in [0.4, 0.5) is 5.69 Å². The van der Waals surface area contributed by atoms with Crippen LogP contribution in [0.25, 0.3) is 0 Å². The van der Waals surface area contributed by atoms with Gasteiger partial charge in [-0.3, -0.25) is 4.79 Å². The highest BCUT2D eigenvalue weighted by Crippen LogP contribution is 2.29. The molecule has 2 atom stereocenters. The molecule has 0 spiro atoms. The van der Waals surface area contributed by atoms with Gasteiger partial charge in [0.1, 0.15) is 0 Å². The van der Waals surface area contributed by atoms with Crippen LogP contribution in [-0.2, 0) is 6.42 Å². The molecule has 1 amide bonds. The fourth-order valence-corrected chi connectivity index (χ4v) is 3.45. The predicted octanol–water partition coefficient (Wildman–Crippen LogP) is 3.21. The van der Waals surface area contributed by atoms with Gasteiger partial charge in [0.25, 0.3) is 5.91 Å². The second kappa shape index (κ2) is 5.86. The Kier molecular flexibility index (Phi) is 3.95. The van der Waals surface area contributed by atoms with Crippen LogP contribution in [0.15, 0.2) is 18.2 Å². The molecular weight excluding hydrogens is 248 g/mol. The van der Waals surface area contributed by atoms with E-state index in [1.807, 2.05) is 12.1 Å². The maximum atomic E-state index is 12.3. The van der Waals surface area contributed by atoms with Crippen LogP contribution in [0.5, 0.6) is 0 Å². The van der Waals surface area contributed by atoms with E-state index in [-0.39, 0.29) is 5.91 Å². The summed E-state index contributed by atoms with van der Waals surface area (Å²) in [5.41, 5.74) is 3.23. The molecule has 1 saturated carbocycles. The van der Waals surface area contributed by atoms with E-state index in [4.69, 9.17) is 0 Å². The number of amides is 1. The van der Waals surface area contributed by atoms with Crippen LogP contribution >= 0.6 is 0 Å². The summed E-state index contributed by atoms with van der Waals surface area (Å²) in [6.45, 7) is 4.12. The third kappa shape index (κ3) is 2.82. The van der Waals surface area contributed by atoms with Gasteiger partial charge in [-0.1, -0.05) is 32.3 Å². The van der Waals surface area contributed by atoms with Crippen LogP contribution in [0.3, 0.4) is 0 Å². The fourth-order valence-electron chi connectivity index (χ4n) is 3.45. The number of fused-ring (bicyclic) bond motifs is 1. The molecule has 1 aliphatic heterocycles. The van der Waals surface area contributed by atoms with Crippen molar-refractivity contribution in [2.24, 2.45) is 11.8 Å². The Hall–Kier alpha value is -1.51. The summed E-state index contributed by atoms with van der Waals surface area (Å²) in [7, 11) is 0. The average molecular weight is 272 g/mol. The van der Waals surface area contributed by atoms with Gasteiger partial charge in [0, 0.05) is 24.3 Å². The van der Waals surface area contributed by atoms with E-state index in [0.717, 1.165) is 36.7 Å². The van der Waals surface area contributed by atoms with E-state index in [1.54, 1.807) is 0 Å². The Labute approximate surface area is 121 Å². The quantitative estimate of drug-likeness (QED) is 0.887. The molecule has 0 saturated heterocycles. The third-order valence-corrected chi connectivity index (χ3v) is 4.90. The number of anilines is 1. The van der Waals surface area contributed by atoms with E-state index in [1.165, 1.54) is 31.2 Å². The zero-order chi connectivity index (χ0) is 13.9. The molecule has 0 radical (unpaired) electrons. The Balaban J connectivity index is 1.59. The smallest absolute Gasteiger partial charge is 0.251 e. The highest BCUT2D eigenvalue weighted by atomic mass is 16.1. The molecule has 1 heterocycles. The standard InChI is InChI=1S/C17H24N2O/c1-12-4-2-3-5-15(12)11-19-17(20)14-7-6-13-8-9-18-16(13)10-14/h6-7,10,12,15,18H,2-5,8-9,11H2,1H3,(H,19,20). The summed E-state index contributed by atoms with van der Waals surface area (Å²) >= 11 is 0. The molecule has 1 fully saturated rings. The van der Waals surface area contributed by atoms with Crippen molar-refractivity contribution in [3.8, 4) is 0 Å². The van der Waals surface area contributed by atoms with E-state index in [0.29, 0.717) is 5.92 Å². The molecule has 1 aliphatic carbocycles. The van der Waals surface area contributed by atoms with Crippen molar-refractivity contribution in [1.29, 1.82) is 0 Å². The fraction of sp³-hybridized carbons (Fsp3) is 0.588. The maximum absolute atomic E-state index is 12.3. The summed E-state index contributed by atoms with van der Waals surface area (Å²) in [5.74, 6) is 1.46. The lowest BCUT2D eigenvalue weighted by molar-refractivity contribution is 0.0936. The minimum absolute atomic E-state index is 0.0688. The Bertz CT molecular complexity index is 498. The molecule has 2 aliphatic rings. The molecule has 3 heteroatoms. The first-order chi connectivity index (χ1) is 9.74. The van der Waals surface area contributed by atoms with Gasteiger partial charge < -0.3 is 10.6 Å². The van der Waals surface area contributed by atoms with Crippen LogP contribution in [-0.4, -0.2) is 19.0 Å². The first kappa shape index (κ1) is 13.5. The minimum Gasteiger partial charge on any atom is -0.384 e. The van der Waals surface area contributed by atoms with Gasteiger partial charge in [-0.15, -0.1) is 0 Å². The number of hydrogen-bond donors (Lipinski definition) is 2. The monoisotopic (exact) mass is 272 g/mol. The normalized spacial score (nSPS) is 24.9. The topological polar surface area (TPSA) is 41.1 Å². The van der Waals surface area contributed by atoms with Gasteiger partial charge in [0.2, 0.25) is 0 Å². The van der Waals surface area contributed by atoms with Crippen LogP contribution in [0.2, 0.25) is 0 Å². The van der Waals surface area contributed by atoms with Gasteiger partial charge in [-0.2, -0.15) is 0 Å². The molecule has 108 valence electrons. The van der Waals surface area contributed by atoms with Crippen molar-refractivity contribution in [1.82, 2.24) is 5.32 Å². The van der Waals surface area contributed by atoms with Crippen molar-refractivity contribution in [3.05, 3.63) is 29.3 Å². The van der Waals surface area contributed by atoms with E-state index >= 15 is 0 Å². The third-order valence-electron chi connectivity index (χ3n) is 4.90. The molecule has 20 heavy (non-hydrogen) atoms. The molecule has 0 aromatic heterocycles. The summed E-state index contributed by atoms with van der Waals surface area (Å²) < 4.78 is 0. The van der Waals surface area contributed by atoms with Gasteiger partial charge in [0.15, 0.2) is 0 Å². The Morgan fingerprint density at radius 2 is 2.20 bits per heavy atom. The molecule has 1 aromatic rings. The Morgan fingerprint density at radius 1 is 1.35 bits per heavy atom. The number of carbonyl (C=O) groups is 1. The van der Waals surface area contributed by atoms with Gasteiger partial charge in [-0.05, 0) is 42.4 Å². The lowest BCUT2D eigenvalue weighted by Gasteiger charge is -2.28. The molecule has 2 unspecified atom stereocenters. The molecular formula is C17H24N2O. The van der Waals surface area contributed by atoms with Gasteiger partial charge >= 0.3 is 0 Å². The highest BCUT2D eigenvalue weighted by molar-refractivity contribution is 5.95. The van der Waals surface area contributed by atoms with Crippen molar-refractivity contribution in [2.75, 3.05) is 18.4 Å². The average Bonchev–Trinajstić information content (AvgIpc) is 2.93. The van der Waals surface area contributed by atoms with E-state index in [2.05, 4.69) is 23.6 Å². The van der Waals surface area contributed by atoms with Crippen molar-refractivity contribution < 1.29 is 4.79 Å². The van der Waals surface area contributed by atoms with Gasteiger partial charge in [-0.25, -0.2) is 0 Å². The zero-order valence-electron chi connectivity index (χ0n) is 12.2. The SMILES string of the molecule is CC1CCCCC1CNC(=O)c1ccc2c(c1)NCC2. The highest BCUT2D eigenvalue weighted by Gasteiger charge is 2.22. The summed E-state index contributed by atoms with van der Waals surface area (Å²) in [4.78, 5) is 12.3. The van der Waals surface area contributed by atoms with Crippen molar-refractivity contribution >= 4 is 11.6 Å². The number of carbonyl (C=O) groups excluding carboxylic acids is 1. The number of hydrogen-bond acceptors (Lipinski definition) is 2. The number of rotatable bonds is 3. The summed E-state index contributed by atoms with van der Waals surface area (Å²) in [6, 6.07) is 6.01. The van der Waals surface area contributed by atoms with Crippen molar-refractivity contribution in [3.63, 3.8) is 0 Å². The lowest BCUT2D eigenvalue weighted by atomic mass is 9.80. The first-order valence-electron chi connectivity index (χ1n) is 7.89. The maximum Gasteiger partial charge on any atom is 0.251 e. The van der Waals surface area contributed by atoms with Gasteiger partial charge in [0.05, 0.1) is 0 Å². The summed E-state index contributed by atoms with van der Waals surface area (Å²) in [5, 5.41) is 6.45. The van der Waals surface area contributed by atoms with E-state index < -0.39 is 0 Å². The first-order valence-corrected chi connectivity index (χ1v) is 7.89. The van der Waals surface area contributed by atoms with Crippen LogP contribution in [0, 0.1) is 11.8 Å². The minimum atomic E-state index is 0.0688. The van der Waals surface area contributed by atoms with Crippen LogP contribution in [0.1, 0.15) is 48.5 Å². The van der Waals surface area contributed by atoms with E-state index in [9.17, 15) is 4.79 Å². The molecule has 3 rings (SSSR count). The second-order valence-electron chi connectivity index (χ2n) is 6.28. The predicted molar refractivity (Wildman–Crippen MR) is 82.1 cm³/mol. The van der Waals surface area contributed by atoms with Crippen molar-refractivity contribution in [2.45, 2.75) is 39.0 Å². The Morgan fingerprint density at radius 3 is 3.05 bits per heavy atom. The molecule has 1 aromatic carbocycles. The largest absolute Gasteiger partial charge is 0.384 e. The summed E-state index contributed by atoms with van der Waals surface area (Å²) in [6.07, 6.45) is 6.29. The number of nitrogens with one attached hydrogen (secondary N) is 2. The number of benzene rings is 1. The van der Waals surface area contributed by atoms with Crippen LogP contribution < -0.4 is 10.6 Å². The zero-order valence-corrected chi connectivity index (χ0v) is 12.2.